The number of rotatable bonds is 4. The van der Waals surface area contributed by atoms with Crippen LogP contribution in [-0.2, 0) is 6.18 Å². The normalized spacial score (nSPS) is 12.4. The molecule has 3 rings (SSSR count). The second kappa shape index (κ2) is 6.95. The first-order chi connectivity index (χ1) is 13.1. The van der Waals surface area contributed by atoms with Gasteiger partial charge in [0.2, 0.25) is 5.88 Å². The second-order valence-corrected chi connectivity index (χ2v) is 6.44. The van der Waals surface area contributed by atoms with Crippen molar-refractivity contribution in [1.29, 1.82) is 0 Å². The number of nitrogens with one attached hydrogen (secondary N) is 1. The van der Waals surface area contributed by atoms with Gasteiger partial charge in [-0.25, -0.2) is 0 Å². The lowest BCUT2D eigenvalue weighted by Crippen LogP contribution is -2.05. The van der Waals surface area contributed by atoms with E-state index >= 15 is 0 Å². The van der Waals surface area contributed by atoms with E-state index in [2.05, 4.69) is 15.2 Å². The number of aromatic amines is 1. The zero-order chi connectivity index (χ0) is 20.6. The van der Waals surface area contributed by atoms with Crippen molar-refractivity contribution < 1.29 is 23.2 Å². The van der Waals surface area contributed by atoms with Crippen molar-refractivity contribution in [2.24, 2.45) is 10.2 Å². The van der Waals surface area contributed by atoms with Gasteiger partial charge in [0.05, 0.1) is 16.0 Å². The van der Waals surface area contributed by atoms with Crippen LogP contribution < -0.4 is 0 Å². The minimum atomic E-state index is -4.72. The Hall–Kier alpha value is -3.43. The summed E-state index contributed by atoms with van der Waals surface area (Å²) in [5, 5.41) is 29.3. The van der Waals surface area contributed by atoms with Gasteiger partial charge in [-0.05, 0) is 35.7 Å². The predicted octanol–water partition coefficient (Wildman–Crippen LogP) is 6.34. The van der Waals surface area contributed by atoms with Crippen molar-refractivity contribution in [1.82, 2.24) is 4.98 Å². The number of hydrogen-bond donors (Lipinski definition) is 2. The van der Waals surface area contributed by atoms with Gasteiger partial charge in [0.25, 0.3) is 5.69 Å². The lowest BCUT2D eigenvalue weighted by molar-refractivity contribution is -0.384. The number of nitro groups is 1. The van der Waals surface area contributed by atoms with Crippen molar-refractivity contribution >= 4 is 28.0 Å². The highest BCUT2D eigenvalue weighted by Gasteiger charge is 2.33. The summed E-state index contributed by atoms with van der Waals surface area (Å²) in [7, 11) is 0. The van der Waals surface area contributed by atoms with Crippen molar-refractivity contribution in [3.05, 3.63) is 57.6 Å². The monoisotopic (exact) mass is 392 g/mol. The maximum absolute atomic E-state index is 12.8. The number of fused-ring (bicyclic) bond motifs is 1. The largest absolute Gasteiger partial charge is 0.493 e. The molecule has 0 unspecified atom stereocenters. The maximum Gasteiger partial charge on any atom is 0.416 e. The highest BCUT2D eigenvalue weighted by Crippen LogP contribution is 2.40. The molecule has 10 heteroatoms. The summed E-state index contributed by atoms with van der Waals surface area (Å²) >= 11 is 0. The van der Waals surface area contributed by atoms with Crippen molar-refractivity contribution in [2.45, 2.75) is 25.9 Å². The highest BCUT2D eigenvalue weighted by molar-refractivity contribution is 5.94. The number of H-pyrrole nitrogens is 1. The van der Waals surface area contributed by atoms with Crippen LogP contribution in [0.25, 0.3) is 10.9 Å². The van der Waals surface area contributed by atoms with Crippen LogP contribution >= 0.6 is 0 Å². The van der Waals surface area contributed by atoms with Gasteiger partial charge in [-0.3, -0.25) is 10.1 Å². The summed E-state index contributed by atoms with van der Waals surface area (Å²) < 4.78 is 38.4. The topological polar surface area (TPSA) is 104 Å². The average Bonchev–Trinajstić information content (AvgIpc) is 2.93. The van der Waals surface area contributed by atoms with Crippen LogP contribution in [0.1, 0.15) is 30.9 Å². The van der Waals surface area contributed by atoms with E-state index < -0.39 is 22.4 Å². The van der Waals surface area contributed by atoms with Gasteiger partial charge >= 0.3 is 6.18 Å². The fourth-order valence-corrected chi connectivity index (χ4v) is 2.68. The standard InChI is InChI=1S/C18H15F3N4O3/c1-9(2)10-3-5-13-12(7-10)16(17(26)22-13)24-23-14-6-4-11(18(19,20)21)8-15(14)25(27)28/h3-9,22,26H,1-2H3. The van der Waals surface area contributed by atoms with Gasteiger partial charge in [0, 0.05) is 11.5 Å². The molecular formula is C18H15F3N4O3. The van der Waals surface area contributed by atoms with E-state index in [0.717, 1.165) is 11.6 Å². The molecule has 0 bridgehead atoms. The highest BCUT2D eigenvalue weighted by atomic mass is 19.4. The molecule has 28 heavy (non-hydrogen) atoms. The van der Waals surface area contributed by atoms with Crippen LogP contribution in [0.5, 0.6) is 5.88 Å². The molecule has 2 N–H and O–H groups in total. The van der Waals surface area contributed by atoms with Gasteiger partial charge in [-0.2, -0.15) is 13.2 Å². The zero-order valence-corrected chi connectivity index (χ0v) is 14.8. The zero-order valence-electron chi connectivity index (χ0n) is 14.8. The molecule has 0 fully saturated rings. The Morgan fingerprint density at radius 1 is 1.14 bits per heavy atom. The van der Waals surface area contributed by atoms with Gasteiger partial charge in [-0.15, -0.1) is 10.2 Å². The number of aromatic hydroxyl groups is 1. The number of nitrogens with zero attached hydrogens (tertiary/aromatic N) is 3. The fraction of sp³-hybridized carbons (Fsp3) is 0.222. The van der Waals surface area contributed by atoms with E-state index in [9.17, 15) is 28.4 Å². The third-order valence-electron chi connectivity index (χ3n) is 4.20. The Kier molecular flexibility index (Phi) is 4.80. The van der Waals surface area contributed by atoms with Gasteiger partial charge in [0.15, 0.2) is 11.4 Å². The molecule has 0 spiro atoms. The molecule has 0 aliphatic heterocycles. The number of alkyl halides is 3. The summed E-state index contributed by atoms with van der Waals surface area (Å²) in [4.78, 5) is 12.9. The average molecular weight is 392 g/mol. The number of nitro benzene ring substituents is 1. The molecule has 146 valence electrons. The minimum Gasteiger partial charge on any atom is -0.493 e. The number of benzene rings is 2. The molecule has 3 aromatic rings. The van der Waals surface area contributed by atoms with Crippen molar-refractivity contribution in [3.8, 4) is 5.88 Å². The number of azo groups is 1. The predicted molar refractivity (Wildman–Crippen MR) is 96.3 cm³/mol. The van der Waals surface area contributed by atoms with E-state index in [1.807, 2.05) is 19.9 Å². The number of hydrogen-bond acceptors (Lipinski definition) is 5. The van der Waals surface area contributed by atoms with Gasteiger partial charge in [-0.1, -0.05) is 19.9 Å². The van der Waals surface area contributed by atoms with E-state index in [1.54, 1.807) is 12.1 Å². The van der Waals surface area contributed by atoms with E-state index in [0.29, 0.717) is 23.0 Å². The molecule has 0 aliphatic carbocycles. The minimum absolute atomic E-state index is 0.0479. The molecular weight excluding hydrogens is 377 g/mol. The Morgan fingerprint density at radius 2 is 1.86 bits per heavy atom. The molecule has 0 amide bonds. The van der Waals surface area contributed by atoms with Crippen molar-refractivity contribution in [3.63, 3.8) is 0 Å². The summed E-state index contributed by atoms with van der Waals surface area (Å²) in [6.45, 7) is 3.97. The summed E-state index contributed by atoms with van der Waals surface area (Å²) in [5.74, 6) is -0.0866. The molecule has 7 nitrogen and oxygen atoms in total. The van der Waals surface area contributed by atoms with E-state index in [4.69, 9.17) is 0 Å². The van der Waals surface area contributed by atoms with Crippen LogP contribution in [0.4, 0.5) is 30.2 Å². The number of aromatic nitrogens is 1. The lowest BCUT2D eigenvalue weighted by Gasteiger charge is -2.06. The molecule has 0 atom stereocenters. The van der Waals surface area contributed by atoms with Crippen LogP contribution in [0, 0.1) is 10.1 Å². The van der Waals surface area contributed by atoms with Crippen LogP contribution in [-0.4, -0.2) is 15.0 Å². The molecule has 0 aliphatic rings. The smallest absolute Gasteiger partial charge is 0.416 e. The first-order valence-corrected chi connectivity index (χ1v) is 8.20. The summed E-state index contributed by atoms with van der Waals surface area (Å²) in [5.41, 5.74) is -0.741. The fourth-order valence-electron chi connectivity index (χ4n) is 2.68. The van der Waals surface area contributed by atoms with Crippen LogP contribution in [0.3, 0.4) is 0 Å². The third kappa shape index (κ3) is 3.66. The van der Waals surface area contributed by atoms with E-state index in [1.165, 1.54) is 0 Å². The molecule has 1 heterocycles. The molecule has 0 saturated heterocycles. The molecule has 2 aromatic carbocycles. The van der Waals surface area contributed by atoms with Gasteiger partial charge < -0.3 is 10.1 Å². The first kappa shape index (κ1) is 19.3. The Bertz CT molecular complexity index is 1090. The van der Waals surface area contributed by atoms with Crippen LogP contribution in [0.15, 0.2) is 46.6 Å². The second-order valence-electron chi connectivity index (χ2n) is 6.44. The summed E-state index contributed by atoms with van der Waals surface area (Å²) in [6, 6.07) is 7.39. The first-order valence-electron chi connectivity index (χ1n) is 8.20. The third-order valence-corrected chi connectivity index (χ3v) is 4.20. The maximum atomic E-state index is 12.8. The molecule has 0 saturated carbocycles. The lowest BCUT2D eigenvalue weighted by atomic mass is 10.0. The van der Waals surface area contributed by atoms with Crippen molar-refractivity contribution in [2.75, 3.05) is 0 Å². The Labute approximate surface area is 156 Å². The quantitative estimate of drug-likeness (QED) is 0.307. The summed E-state index contributed by atoms with van der Waals surface area (Å²) in [6.07, 6.45) is -4.72. The number of halogens is 3. The van der Waals surface area contributed by atoms with E-state index in [-0.39, 0.29) is 23.2 Å². The molecule has 0 radical (unpaired) electrons. The van der Waals surface area contributed by atoms with Crippen LogP contribution in [0.2, 0.25) is 0 Å². The Balaban J connectivity index is 2.08. The Morgan fingerprint density at radius 3 is 2.46 bits per heavy atom. The van der Waals surface area contributed by atoms with Gasteiger partial charge in [0.1, 0.15) is 0 Å². The molecule has 1 aromatic heterocycles. The SMILES string of the molecule is CC(C)c1ccc2[nH]c(O)c(N=Nc3ccc(C(F)(F)F)cc3[N+](=O)[O-])c2c1.